The quantitative estimate of drug-likeness (QED) is 0.637. The van der Waals surface area contributed by atoms with E-state index in [9.17, 15) is 0 Å². The van der Waals surface area contributed by atoms with Crippen molar-refractivity contribution in [2.75, 3.05) is 26.3 Å². The SMILES string of the molecule is CC(C)NC(=S)N1CCOC(CO)C1. The second-order valence-electron chi connectivity index (χ2n) is 3.73. The lowest BCUT2D eigenvalue weighted by molar-refractivity contribution is -0.0343. The van der Waals surface area contributed by atoms with E-state index >= 15 is 0 Å². The Balaban J connectivity index is 2.39. The first kappa shape index (κ1) is 11.7. The van der Waals surface area contributed by atoms with Gasteiger partial charge in [0.2, 0.25) is 0 Å². The van der Waals surface area contributed by atoms with Crippen molar-refractivity contribution in [1.82, 2.24) is 10.2 Å². The molecule has 1 unspecified atom stereocenters. The van der Waals surface area contributed by atoms with Crippen LogP contribution < -0.4 is 5.32 Å². The maximum atomic E-state index is 8.96. The maximum Gasteiger partial charge on any atom is 0.169 e. The number of ether oxygens (including phenoxy) is 1. The third-order valence-corrected chi connectivity index (χ3v) is 2.42. The van der Waals surface area contributed by atoms with Gasteiger partial charge in [0.1, 0.15) is 0 Å². The highest BCUT2D eigenvalue weighted by Gasteiger charge is 2.21. The molecular weight excluding hydrogens is 200 g/mol. The van der Waals surface area contributed by atoms with Gasteiger partial charge in [-0.2, -0.15) is 0 Å². The fourth-order valence-electron chi connectivity index (χ4n) is 1.35. The zero-order valence-electron chi connectivity index (χ0n) is 8.69. The Kier molecular flexibility index (Phi) is 4.57. The van der Waals surface area contributed by atoms with E-state index in [1.54, 1.807) is 0 Å². The van der Waals surface area contributed by atoms with Gasteiger partial charge in [-0.15, -0.1) is 0 Å². The number of hydrogen-bond donors (Lipinski definition) is 2. The highest BCUT2D eigenvalue weighted by molar-refractivity contribution is 7.80. The standard InChI is InChI=1S/C9H18N2O2S/c1-7(2)10-9(14)11-3-4-13-8(5-11)6-12/h7-8,12H,3-6H2,1-2H3,(H,10,14). The molecule has 0 spiro atoms. The molecule has 1 fully saturated rings. The van der Waals surface area contributed by atoms with Gasteiger partial charge in [0.05, 0.1) is 19.3 Å². The number of nitrogens with one attached hydrogen (secondary N) is 1. The monoisotopic (exact) mass is 218 g/mol. The highest BCUT2D eigenvalue weighted by atomic mass is 32.1. The van der Waals surface area contributed by atoms with Crippen LogP contribution in [-0.2, 0) is 4.74 Å². The topological polar surface area (TPSA) is 44.7 Å². The smallest absolute Gasteiger partial charge is 0.169 e. The molecule has 4 nitrogen and oxygen atoms in total. The molecule has 0 radical (unpaired) electrons. The predicted octanol–water partition coefficient (Wildman–Crippen LogP) is -0.0376. The highest BCUT2D eigenvalue weighted by Crippen LogP contribution is 2.05. The summed E-state index contributed by atoms with van der Waals surface area (Å²) < 4.78 is 5.33. The lowest BCUT2D eigenvalue weighted by Gasteiger charge is -2.34. The maximum absolute atomic E-state index is 8.96. The summed E-state index contributed by atoms with van der Waals surface area (Å²) in [6.07, 6.45) is -0.101. The number of morpholine rings is 1. The van der Waals surface area contributed by atoms with Crippen LogP contribution in [0.2, 0.25) is 0 Å². The normalized spacial score (nSPS) is 22.6. The van der Waals surface area contributed by atoms with E-state index in [0.717, 1.165) is 11.7 Å². The summed E-state index contributed by atoms with van der Waals surface area (Å²) in [6.45, 7) is 6.27. The largest absolute Gasteiger partial charge is 0.394 e. The fraction of sp³-hybridized carbons (Fsp3) is 0.889. The summed E-state index contributed by atoms with van der Waals surface area (Å²) in [7, 11) is 0. The molecule has 0 aromatic carbocycles. The van der Waals surface area contributed by atoms with Gasteiger partial charge in [-0.1, -0.05) is 0 Å². The molecule has 0 bridgehead atoms. The van der Waals surface area contributed by atoms with Crippen LogP contribution in [-0.4, -0.2) is 53.6 Å². The minimum atomic E-state index is -0.101. The van der Waals surface area contributed by atoms with Gasteiger partial charge in [0, 0.05) is 19.1 Å². The van der Waals surface area contributed by atoms with Crippen LogP contribution in [0.15, 0.2) is 0 Å². The van der Waals surface area contributed by atoms with E-state index in [0.29, 0.717) is 19.2 Å². The Bertz CT molecular complexity index is 199. The van der Waals surface area contributed by atoms with E-state index in [1.165, 1.54) is 0 Å². The molecule has 0 aromatic rings. The first-order valence-corrected chi connectivity index (χ1v) is 5.32. The van der Waals surface area contributed by atoms with Gasteiger partial charge in [0.15, 0.2) is 5.11 Å². The number of hydrogen-bond acceptors (Lipinski definition) is 3. The Morgan fingerprint density at radius 1 is 1.71 bits per heavy atom. The summed E-state index contributed by atoms with van der Waals surface area (Å²) in [6, 6.07) is 0.345. The minimum Gasteiger partial charge on any atom is -0.394 e. The lowest BCUT2D eigenvalue weighted by atomic mass is 10.3. The summed E-state index contributed by atoms with van der Waals surface area (Å²) in [5.74, 6) is 0. The van der Waals surface area contributed by atoms with Crippen molar-refractivity contribution in [3.8, 4) is 0 Å². The molecule has 5 heteroatoms. The third-order valence-electron chi connectivity index (χ3n) is 2.04. The minimum absolute atomic E-state index is 0.0563. The molecule has 0 aromatic heterocycles. The molecule has 1 saturated heterocycles. The lowest BCUT2D eigenvalue weighted by Crippen LogP contribution is -2.51. The predicted molar refractivity (Wildman–Crippen MR) is 59.3 cm³/mol. The average molecular weight is 218 g/mol. The summed E-state index contributed by atoms with van der Waals surface area (Å²) in [5, 5.41) is 12.9. The van der Waals surface area contributed by atoms with Crippen LogP contribution in [0.25, 0.3) is 0 Å². The summed E-state index contributed by atoms with van der Waals surface area (Å²) in [5.41, 5.74) is 0. The van der Waals surface area contributed by atoms with Crippen LogP contribution in [0.5, 0.6) is 0 Å². The summed E-state index contributed by atoms with van der Waals surface area (Å²) in [4.78, 5) is 2.04. The van der Waals surface area contributed by atoms with Gasteiger partial charge < -0.3 is 20.1 Å². The van der Waals surface area contributed by atoms with Crippen molar-refractivity contribution >= 4 is 17.3 Å². The molecule has 1 aliphatic rings. The summed E-state index contributed by atoms with van der Waals surface area (Å²) >= 11 is 5.23. The molecule has 0 amide bonds. The molecule has 1 rings (SSSR count). The molecular formula is C9H18N2O2S. The fourth-order valence-corrected chi connectivity index (χ4v) is 1.75. The molecule has 1 atom stereocenters. The Morgan fingerprint density at radius 2 is 2.43 bits per heavy atom. The van der Waals surface area contributed by atoms with Crippen LogP contribution in [0, 0.1) is 0 Å². The van der Waals surface area contributed by atoms with Crippen LogP contribution in [0.3, 0.4) is 0 Å². The third kappa shape index (κ3) is 3.40. The van der Waals surface area contributed by atoms with Crippen molar-refractivity contribution in [3.63, 3.8) is 0 Å². The van der Waals surface area contributed by atoms with Gasteiger partial charge in [-0.25, -0.2) is 0 Å². The van der Waals surface area contributed by atoms with E-state index in [2.05, 4.69) is 19.2 Å². The van der Waals surface area contributed by atoms with E-state index < -0.39 is 0 Å². The van der Waals surface area contributed by atoms with E-state index in [-0.39, 0.29) is 12.7 Å². The van der Waals surface area contributed by atoms with Crippen molar-refractivity contribution in [1.29, 1.82) is 0 Å². The molecule has 82 valence electrons. The first-order valence-electron chi connectivity index (χ1n) is 4.91. The first-order chi connectivity index (χ1) is 6.63. The molecule has 14 heavy (non-hydrogen) atoms. The van der Waals surface area contributed by atoms with Crippen molar-refractivity contribution < 1.29 is 9.84 Å². The Labute approximate surface area is 90.2 Å². The molecule has 1 heterocycles. The number of aliphatic hydroxyl groups excluding tert-OH is 1. The van der Waals surface area contributed by atoms with Crippen molar-refractivity contribution in [2.24, 2.45) is 0 Å². The number of rotatable bonds is 2. The van der Waals surface area contributed by atoms with E-state index in [1.807, 2.05) is 4.90 Å². The average Bonchev–Trinajstić information content (AvgIpc) is 2.17. The molecule has 0 saturated carbocycles. The molecule has 2 N–H and O–H groups in total. The zero-order chi connectivity index (χ0) is 10.6. The number of thiocarbonyl (C=S) groups is 1. The molecule has 0 aliphatic carbocycles. The van der Waals surface area contributed by atoms with E-state index in [4.69, 9.17) is 22.1 Å². The van der Waals surface area contributed by atoms with Crippen LogP contribution in [0.1, 0.15) is 13.8 Å². The number of nitrogens with zero attached hydrogens (tertiary/aromatic N) is 1. The molecule has 1 aliphatic heterocycles. The van der Waals surface area contributed by atoms with Crippen LogP contribution >= 0.6 is 12.2 Å². The Morgan fingerprint density at radius 3 is 3.00 bits per heavy atom. The van der Waals surface area contributed by atoms with Gasteiger partial charge in [-0.3, -0.25) is 0 Å². The zero-order valence-corrected chi connectivity index (χ0v) is 9.51. The second kappa shape index (κ2) is 5.48. The van der Waals surface area contributed by atoms with Crippen LogP contribution in [0.4, 0.5) is 0 Å². The number of aliphatic hydroxyl groups is 1. The van der Waals surface area contributed by atoms with Gasteiger partial charge >= 0.3 is 0 Å². The van der Waals surface area contributed by atoms with Gasteiger partial charge in [-0.05, 0) is 26.1 Å². The van der Waals surface area contributed by atoms with Gasteiger partial charge in [0.25, 0.3) is 0 Å². The van der Waals surface area contributed by atoms with Crippen molar-refractivity contribution in [3.05, 3.63) is 0 Å². The van der Waals surface area contributed by atoms with Crippen molar-refractivity contribution in [2.45, 2.75) is 26.0 Å². The Hall–Kier alpha value is -0.390. The second-order valence-corrected chi connectivity index (χ2v) is 4.11.